The summed E-state index contributed by atoms with van der Waals surface area (Å²) in [5.41, 5.74) is 0.521. The van der Waals surface area contributed by atoms with Crippen molar-refractivity contribution in [3.05, 3.63) is 34.5 Å². The van der Waals surface area contributed by atoms with E-state index < -0.39 is 17.2 Å². The SMILES string of the molecule is [O-][S+](Nc1nccs1)c1cc(Cl)c(NCCCCNC2CCCC2)cc1F. The molecule has 3 N–H and O–H groups in total. The van der Waals surface area contributed by atoms with Gasteiger partial charge < -0.3 is 15.2 Å². The monoisotopic (exact) mass is 430 g/mol. The summed E-state index contributed by atoms with van der Waals surface area (Å²) in [6.45, 7) is 1.72. The van der Waals surface area contributed by atoms with Gasteiger partial charge in [0, 0.05) is 36.3 Å². The van der Waals surface area contributed by atoms with E-state index in [1.165, 1.54) is 49.2 Å². The van der Waals surface area contributed by atoms with E-state index in [1.54, 1.807) is 11.6 Å². The normalized spacial score (nSPS) is 15.8. The molecule has 1 fully saturated rings. The molecule has 2 aromatic rings. The Morgan fingerprint density at radius 3 is 2.78 bits per heavy atom. The maximum atomic E-state index is 14.4. The highest BCUT2D eigenvalue weighted by Crippen LogP contribution is 2.29. The van der Waals surface area contributed by atoms with Crippen LogP contribution in [0.5, 0.6) is 0 Å². The summed E-state index contributed by atoms with van der Waals surface area (Å²) >= 11 is 5.78. The lowest BCUT2D eigenvalue weighted by Crippen LogP contribution is -2.27. The van der Waals surface area contributed by atoms with Gasteiger partial charge in [-0.25, -0.2) is 9.37 Å². The van der Waals surface area contributed by atoms with Crippen LogP contribution in [0, 0.1) is 5.82 Å². The number of thiazole rings is 1. The summed E-state index contributed by atoms with van der Waals surface area (Å²) in [6, 6.07) is 3.39. The number of hydrogen-bond donors (Lipinski definition) is 3. The fourth-order valence-electron chi connectivity index (χ4n) is 3.12. The number of unbranched alkanes of at least 4 members (excludes halogenated alkanes) is 1. The van der Waals surface area contributed by atoms with E-state index in [2.05, 4.69) is 20.3 Å². The van der Waals surface area contributed by atoms with Gasteiger partial charge in [-0.1, -0.05) is 24.4 Å². The van der Waals surface area contributed by atoms with Crippen molar-refractivity contribution in [3.63, 3.8) is 0 Å². The van der Waals surface area contributed by atoms with Gasteiger partial charge in [-0.2, -0.15) is 4.72 Å². The minimum atomic E-state index is -1.75. The topological polar surface area (TPSA) is 72.0 Å². The molecule has 0 radical (unpaired) electrons. The first kappa shape index (κ1) is 20.7. The Morgan fingerprint density at radius 2 is 2.04 bits per heavy atom. The number of anilines is 2. The largest absolute Gasteiger partial charge is 0.588 e. The van der Waals surface area contributed by atoms with Crippen molar-refractivity contribution in [2.24, 2.45) is 0 Å². The van der Waals surface area contributed by atoms with E-state index in [0.717, 1.165) is 19.4 Å². The van der Waals surface area contributed by atoms with Crippen molar-refractivity contribution in [1.29, 1.82) is 0 Å². The third-order valence-electron chi connectivity index (χ3n) is 4.54. The molecule has 148 valence electrons. The summed E-state index contributed by atoms with van der Waals surface area (Å²) in [4.78, 5) is 4.00. The molecule has 1 saturated carbocycles. The van der Waals surface area contributed by atoms with Gasteiger partial charge in [0.25, 0.3) is 0 Å². The van der Waals surface area contributed by atoms with Crippen LogP contribution >= 0.6 is 22.9 Å². The van der Waals surface area contributed by atoms with Gasteiger partial charge in [-0.05, 0) is 32.2 Å². The van der Waals surface area contributed by atoms with Crippen LogP contribution in [0.25, 0.3) is 0 Å². The van der Waals surface area contributed by atoms with Crippen molar-refractivity contribution in [1.82, 2.24) is 10.3 Å². The first-order valence-electron chi connectivity index (χ1n) is 9.17. The molecule has 1 heterocycles. The molecule has 1 aliphatic carbocycles. The summed E-state index contributed by atoms with van der Waals surface area (Å²) in [6.07, 6.45) is 8.87. The molecule has 1 aromatic heterocycles. The molecule has 3 rings (SSSR count). The third kappa shape index (κ3) is 6.22. The Morgan fingerprint density at radius 1 is 1.26 bits per heavy atom. The second-order valence-electron chi connectivity index (χ2n) is 6.54. The van der Waals surface area contributed by atoms with Crippen LogP contribution < -0.4 is 15.4 Å². The molecule has 5 nitrogen and oxygen atoms in total. The van der Waals surface area contributed by atoms with Crippen molar-refractivity contribution in [3.8, 4) is 0 Å². The highest BCUT2D eigenvalue weighted by atomic mass is 35.5. The summed E-state index contributed by atoms with van der Waals surface area (Å²) in [5, 5.41) is 9.31. The number of rotatable bonds is 10. The smallest absolute Gasteiger partial charge is 0.226 e. The second-order valence-corrected chi connectivity index (χ2v) is 9.02. The highest BCUT2D eigenvalue weighted by Gasteiger charge is 2.21. The van der Waals surface area contributed by atoms with Crippen molar-refractivity contribution in [2.75, 3.05) is 23.1 Å². The lowest BCUT2D eigenvalue weighted by molar-refractivity contribution is 0.510. The molecule has 0 amide bonds. The van der Waals surface area contributed by atoms with Gasteiger partial charge in [0.2, 0.25) is 10.0 Å². The van der Waals surface area contributed by atoms with Gasteiger partial charge in [-0.15, -0.1) is 11.3 Å². The van der Waals surface area contributed by atoms with E-state index in [1.807, 2.05) is 0 Å². The van der Waals surface area contributed by atoms with Gasteiger partial charge in [0.05, 0.1) is 10.7 Å². The van der Waals surface area contributed by atoms with Crippen molar-refractivity contribution >= 4 is 45.1 Å². The van der Waals surface area contributed by atoms with Crippen LogP contribution in [-0.2, 0) is 11.4 Å². The van der Waals surface area contributed by atoms with Gasteiger partial charge in [-0.3, -0.25) is 0 Å². The quantitative estimate of drug-likeness (QED) is 0.373. The molecule has 1 aromatic carbocycles. The van der Waals surface area contributed by atoms with Crippen LogP contribution in [-0.4, -0.2) is 28.7 Å². The first-order chi connectivity index (χ1) is 13.1. The lowest BCUT2D eigenvalue weighted by Gasteiger charge is -2.14. The molecule has 1 atom stereocenters. The van der Waals surface area contributed by atoms with Crippen molar-refractivity contribution in [2.45, 2.75) is 49.5 Å². The molecule has 9 heteroatoms. The number of nitrogens with one attached hydrogen (secondary N) is 3. The van der Waals surface area contributed by atoms with Crippen LogP contribution in [0.2, 0.25) is 5.02 Å². The number of aromatic nitrogens is 1. The fourth-order valence-corrected chi connectivity index (χ4v) is 4.99. The van der Waals surface area contributed by atoms with E-state index >= 15 is 0 Å². The minimum Gasteiger partial charge on any atom is -0.588 e. The van der Waals surface area contributed by atoms with E-state index in [4.69, 9.17) is 11.6 Å². The molecule has 0 saturated heterocycles. The average Bonchev–Trinajstić information content (AvgIpc) is 3.34. The number of nitrogens with zero attached hydrogens (tertiary/aromatic N) is 1. The van der Waals surface area contributed by atoms with E-state index in [0.29, 0.717) is 28.4 Å². The Hall–Kier alpha value is -1.06. The Bertz CT molecular complexity index is 714. The predicted molar refractivity (Wildman–Crippen MR) is 112 cm³/mol. The number of benzene rings is 1. The van der Waals surface area contributed by atoms with Gasteiger partial charge in [0.15, 0.2) is 5.82 Å². The average molecular weight is 431 g/mol. The molecular formula is C18H24ClFN4OS2. The Balaban J connectivity index is 1.44. The van der Waals surface area contributed by atoms with Gasteiger partial charge in [0.1, 0.15) is 11.4 Å². The molecule has 0 aliphatic heterocycles. The maximum absolute atomic E-state index is 14.4. The summed E-state index contributed by atoms with van der Waals surface area (Å²) in [7, 11) is 0. The molecular weight excluding hydrogens is 407 g/mol. The molecule has 27 heavy (non-hydrogen) atoms. The molecule has 1 unspecified atom stereocenters. The summed E-state index contributed by atoms with van der Waals surface area (Å²) in [5.74, 6) is -0.563. The van der Waals surface area contributed by atoms with E-state index in [-0.39, 0.29) is 4.90 Å². The molecule has 1 aliphatic rings. The third-order valence-corrected chi connectivity index (χ3v) is 6.76. The Labute approximate surface area is 171 Å². The van der Waals surface area contributed by atoms with Crippen LogP contribution in [0.15, 0.2) is 28.6 Å². The molecule has 0 spiro atoms. The number of halogens is 2. The Kier molecular flexibility index (Phi) is 8.02. The zero-order valence-corrected chi connectivity index (χ0v) is 17.4. The first-order valence-corrected chi connectivity index (χ1v) is 11.6. The second kappa shape index (κ2) is 10.5. The zero-order valence-electron chi connectivity index (χ0n) is 15.0. The van der Waals surface area contributed by atoms with Crippen LogP contribution in [0.3, 0.4) is 0 Å². The predicted octanol–water partition coefficient (Wildman–Crippen LogP) is 4.79. The summed E-state index contributed by atoms with van der Waals surface area (Å²) < 4.78 is 29.3. The van der Waals surface area contributed by atoms with Crippen LogP contribution in [0.1, 0.15) is 38.5 Å². The maximum Gasteiger partial charge on any atom is 0.226 e. The fraction of sp³-hybridized carbons (Fsp3) is 0.500. The van der Waals surface area contributed by atoms with E-state index in [9.17, 15) is 8.94 Å². The standard InChI is InChI=1S/C18H24ClFN4OS2/c19-14-11-17(27(25)24-18-23-9-10-26-18)15(20)12-16(14)22-8-4-3-7-21-13-5-1-2-6-13/h9-13,21-22H,1-8H2,(H,23,24). The molecule has 0 bridgehead atoms. The zero-order chi connectivity index (χ0) is 19.1. The van der Waals surface area contributed by atoms with Crippen molar-refractivity contribution < 1.29 is 8.94 Å². The number of hydrogen-bond acceptors (Lipinski definition) is 6. The minimum absolute atomic E-state index is 0.0153. The lowest BCUT2D eigenvalue weighted by atomic mass is 10.2. The van der Waals surface area contributed by atoms with Gasteiger partial charge >= 0.3 is 0 Å². The highest BCUT2D eigenvalue weighted by molar-refractivity contribution is 7.93. The van der Waals surface area contributed by atoms with Crippen LogP contribution in [0.4, 0.5) is 15.2 Å².